The number of anilines is 1. The van der Waals surface area contributed by atoms with Crippen LogP contribution in [0.3, 0.4) is 0 Å². The second-order valence-electron chi connectivity index (χ2n) is 5.92. The third kappa shape index (κ3) is 5.39. The Hall–Kier alpha value is -3.25. The summed E-state index contributed by atoms with van der Waals surface area (Å²) in [5, 5.41) is 4.06. The topological polar surface area (TPSA) is 55.2 Å². The summed E-state index contributed by atoms with van der Waals surface area (Å²) in [6.07, 6.45) is 1.97. The molecule has 3 rings (SSSR count). The van der Waals surface area contributed by atoms with Crippen molar-refractivity contribution in [2.75, 3.05) is 25.8 Å². The van der Waals surface area contributed by atoms with Crippen LogP contribution in [0.15, 0.2) is 88.8 Å². The molecule has 0 fully saturated rings. The van der Waals surface area contributed by atoms with Crippen LogP contribution >= 0.6 is 11.8 Å². The van der Waals surface area contributed by atoms with Crippen LogP contribution in [0, 0.1) is 0 Å². The number of amidine groups is 2. The number of hydrogen-bond acceptors (Lipinski definition) is 4. The molecule has 0 aliphatic carbocycles. The van der Waals surface area contributed by atoms with Gasteiger partial charge in [0, 0.05) is 5.69 Å². The first-order valence-corrected chi connectivity index (χ1v) is 10.3. The lowest BCUT2D eigenvalue weighted by atomic mass is 10.2. The normalized spacial score (nSPS) is 11.8. The molecule has 6 heteroatoms. The summed E-state index contributed by atoms with van der Waals surface area (Å²) in [5.74, 6) is 1.90. The van der Waals surface area contributed by atoms with E-state index in [1.54, 1.807) is 14.2 Å². The van der Waals surface area contributed by atoms with Gasteiger partial charge in [-0.3, -0.25) is 0 Å². The standard InChI is InChI=1S/C23H23N3O2S/c1-27-20-15-9-7-13-18(20)22(25-19-14-8-10-16-21(19)28-2)26-23(29-3)24-17-11-5-4-6-12-17/h4-16H,1-3H3,(H,24,25,26). The van der Waals surface area contributed by atoms with E-state index in [0.29, 0.717) is 23.0 Å². The van der Waals surface area contributed by atoms with Crippen LogP contribution in [0.2, 0.25) is 0 Å². The van der Waals surface area contributed by atoms with E-state index in [1.807, 2.05) is 85.1 Å². The van der Waals surface area contributed by atoms with Crippen molar-refractivity contribution < 1.29 is 9.47 Å². The highest BCUT2D eigenvalue weighted by atomic mass is 32.2. The van der Waals surface area contributed by atoms with Gasteiger partial charge >= 0.3 is 0 Å². The summed E-state index contributed by atoms with van der Waals surface area (Å²) in [5.41, 5.74) is 2.44. The van der Waals surface area contributed by atoms with Gasteiger partial charge < -0.3 is 14.8 Å². The first-order valence-electron chi connectivity index (χ1n) is 9.05. The predicted molar refractivity (Wildman–Crippen MR) is 123 cm³/mol. The number of nitrogens with one attached hydrogen (secondary N) is 1. The Morgan fingerprint density at radius 1 is 0.793 bits per heavy atom. The molecule has 0 aromatic heterocycles. The van der Waals surface area contributed by atoms with Crippen LogP contribution in [0.1, 0.15) is 5.56 Å². The van der Waals surface area contributed by atoms with E-state index < -0.39 is 0 Å². The molecule has 0 atom stereocenters. The lowest BCUT2D eigenvalue weighted by molar-refractivity contribution is 0.413. The zero-order valence-electron chi connectivity index (χ0n) is 16.6. The van der Waals surface area contributed by atoms with Crippen LogP contribution in [0.25, 0.3) is 0 Å². The summed E-state index contributed by atoms with van der Waals surface area (Å²) in [7, 11) is 3.27. The van der Waals surface area contributed by atoms with Crippen molar-refractivity contribution in [1.29, 1.82) is 0 Å². The maximum atomic E-state index is 5.55. The van der Waals surface area contributed by atoms with Crippen molar-refractivity contribution in [2.45, 2.75) is 0 Å². The van der Waals surface area contributed by atoms with Crippen LogP contribution in [-0.2, 0) is 0 Å². The molecule has 0 amide bonds. The zero-order valence-corrected chi connectivity index (χ0v) is 17.4. The highest BCUT2D eigenvalue weighted by molar-refractivity contribution is 8.13. The second-order valence-corrected chi connectivity index (χ2v) is 6.71. The maximum absolute atomic E-state index is 5.55. The molecular formula is C23H23N3O2S. The Bertz CT molecular complexity index is 1000. The van der Waals surface area contributed by atoms with Gasteiger partial charge in [-0.15, -0.1) is 0 Å². The van der Waals surface area contributed by atoms with Gasteiger partial charge in [-0.25, -0.2) is 9.98 Å². The molecule has 0 aliphatic rings. The molecule has 0 saturated heterocycles. The van der Waals surface area contributed by atoms with E-state index in [-0.39, 0.29) is 0 Å². The summed E-state index contributed by atoms with van der Waals surface area (Å²) >= 11 is 1.51. The molecular weight excluding hydrogens is 382 g/mol. The SMILES string of the molecule is COc1ccccc1N=C(N=C(Nc1ccccc1)SC)c1ccccc1OC. The number of ether oxygens (including phenoxy) is 2. The van der Waals surface area contributed by atoms with Gasteiger partial charge in [0.1, 0.15) is 17.2 Å². The monoisotopic (exact) mass is 405 g/mol. The lowest BCUT2D eigenvalue weighted by Crippen LogP contribution is -2.11. The number of rotatable bonds is 5. The van der Waals surface area contributed by atoms with E-state index in [2.05, 4.69) is 5.32 Å². The van der Waals surface area contributed by atoms with Crippen LogP contribution in [-0.4, -0.2) is 31.5 Å². The Balaban J connectivity index is 2.10. The van der Waals surface area contributed by atoms with Crippen molar-refractivity contribution >= 4 is 34.1 Å². The molecule has 5 nitrogen and oxygen atoms in total. The fourth-order valence-electron chi connectivity index (χ4n) is 2.68. The molecule has 0 radical (unpaired) electrons. The van der Waals surface area contributed by atoms with E-state index in [1.165, 1.54) is 11.8 Å². The summed E-state index contributed by atoms with van der Waals surface area (Å²) < 4.78 is 11.0. The van der Waals surface area contributed by atoms with Crippen molar-refractivity contribution in [3.63, 3.8) is 0 Å². The van der Waals surface area contributed by atoms with Crippen LogP contribution in [0.4, 0.5) is 11.4 Å². The smallest absolute Gasteiger partial charge is 0.167 e. The molecule has 3 aromatic carbocycles. The van der Waals surface area contributed by atoms with Gasteiger partial charge in [-0.05, 0) is 42.7 Å². The predicted octanol–water partition coefficient (Wildman–Crippen LogP) is 5.61. The molecule has 29 heavy (non-hydrogen) atoms. The van der Waals surface area contributed by atoms with Gasteiger partial charge in [0.15, 0.2) is 11.0 Å². The third-order valence-corrected chi connectivity index (χ3v) is 4.67. The van der Waals surface area contributed by atoms with Gasteiger partial charge in [-0.1, -0.05) is 54.2 Å². The average molecular weight is 406 g/mol. The highest BCUT2D eigenvalue weighted by Crippen LogP contribution is 2.29. The summed E-state index contributed by atoms with van der Waals surface area (Å²) in [6.45, 7) is 0. The zero-order chi connectivity index (χ0) is 20.5. The van der Waals surface area contributed by atoms with Crippen molar-refractivity contribution in [3.8, 4) is 11.5 Å². The largest absolute Gasteiger partial charge is 0.496 e. The number of hydrogen-bond donors (Lipinski definition) is 1. The van der Waals surface area contributed by atoms with Crippen molar-refractivity contribution in [3.05, 3.63) is 84.4 Å². The van der Waals surface area contributed by atoms with Crippen LogP contribution in [0.5, 0.6) is 11.5 Å². The summed E-state index contributed by atoms with van der Waals surface area (Å²) in [6, 6.07) is 25.2. The minimum atomic E-state index is 0.528. The fraction of sp³-hybridized carbons (Fsp3) is 0.130. The molecule has 148 valence electrons. The molecule has 0 spiro atoms. The molecule has 0 aliphatic heterocycles. The minimum absolute atomic E-state index is 0.528. The van der Waals surface area contributed by atoms with Gasteiger partial charge in [0.2, 0.25) is 0 Å². The number of methoxy groups -OCH3 is 2. The van der Waals surface area contributed by atoms with E-state index >= 15 is 0 Å². The van der Waals surface area contributed by atoms with Crippen molar-refractivity contribution in [2.24, 2.45) is 9.98 Å². The Kier molecular flexibility index (Phi) is 7.30. The molecule has 0 bridgehead atoms. The Labute approximate surface area is 175 Å². The number of thioether (sulfide) groups is 1. The number of para-hydroxylation sites is 4. The minimum Gasteiger partial charge on any atom is -0.496 e. The lowest BCUT2D eigenvalue weighted by Gasteiger charge is -2.12. The van der Waals surface area contributed by atoms with Crippen LogP contribution < -0.4 is 14.8 Å². The van der Waals surface area contributed by atoms with E-state index in [0.717, 1.165) is 16.4 Å². The van der Waals surface area contributed by atoms with Gasteiger partial charge in [0.25, 0.3) is 0 Å². The second kappa shape index (κ2) is 10.3. The first kappa shape index (κ1) is 20.5. The quantitative estimate of drug-likeness (QED) is 0.443. The number of nitrogens with zero attached hydrogens (tertiary/aromatic N) is 2. The van der Waals surface area contributed by atoms with Crippen molar-refractivity contribution in [1.82, 2.24) is 0 Å². The fourth-order valence-corrected chi connectivity index (χ4v) is 3.07. The highest BCUT2D eigenvalue weighted by Gasteiger charge is 2.12. The molecule has 0 heterocycles. The Morgan fingerprint density at radius 3 is 2.10 bits per heavy atom. The Morgan fingerprint density at radius 2 is 1.41 bits per heavy atom. The molecule has 0 saturated carbocycles. The molecule has 0 unspecified atom stereocenters. The molecule has 1 N–H and O–H groups in total. The first-order chi connectivity index (χ1) is 14.2. The third-order valence-electron chi connectivity index (χ3n) is 4.09. The van der Waals surface area contributed by atoms with E-state index in [4.69, 9.17) is 19.5 Å². The number of benzene rings is 3. The number of aliphatic imine (C=N–C) groups is 2. The maximum Gasteiger partial charge on any atom is 0.167 e. The van der Waals surface area contributed by atoms with Gasteiger partial charge in [0.05, 0.1) is 19.8 Å². The summed E-state index contributed by atoms with van der Waals surface area (Å²) in [4.78, 5) is 9.63. The van der Waals surface area contributed by atoms with E-state index in [9.17, 15) is 0 Å². The van der Waals surface area contributed by atoms with Gasteiger partial charge in [-0.2, -0.15) is 0 Å². The molecule has 3 aromatic rings. The average Bonchev–Trinajstić information content (AvgIpc) is 2.79.